The van der Waals surface area contributed by atoms with E-state index in [1.165, 1.54) is 11.8 Å². The van der Waals surface area contributed by atoms with Gasteiger partial charge in [-0.25, -0.2) is 0 Å². The molecule has 14 nitrogen and oxygen atoms in total. The average Bonchev–Trinajstić information content (AvgIpc) is 3.31. The number of unbranched alkanes of at least 4 members (excludes halogenated alkanes) is 1. The van der Waals surface area contributed by atoms with E-state index in [0.717, 1.165) is 0 Å². The second kappa shape index (κ2) is 15.9. The Bertz CT molecular complexity index is 865. The van der Waals surface area contributed by atoms with E-state index >= 15 is 0 Å². The molecule has 5 atom stereocenters. The van der Waals surface area contributed by atoms with E-state index in [4.69, 9.17) is 22.9 Å². The van der Waals surface area contributed by atoms with E-state index in [-0.39, 0.29) is 18.9 Å². The summed E-state index contributed by atoms with van der Waals surface area (Å²) in [6.45, 7) is 5.95. The molecule has 0 radical (unpaired) electrons. The molecule has 6 amide bonds. The Labute approximate surface area is 223 Å². The summed E-state index contributed by atoms with van der Waals surface area (Å²) in [6.07, 6.45) is 2.14. The molecular formula is C24H44N8O6. The topological polar surface area (TPSA) is 246 Å². The summed E-state index contributed by atoms with van der Waals surface area (Å²) in [6, 6.07) is -4.91. The van der Waals surface area contributed by atoms with E-state index in [9.17, 15) is 28.8 Å². The number of nitrogens with two attached hydrogens (primary N) is 4. The molecule has 216 valence electrons. The fourth-order valence-corrected chi connectivity index (χ4v) is 4.22. The number of carbonyl (C=O) groups is 6. The second-order valence-electron chi connectivity index (χ2n) is 10.1. The van der Waals surface area contributed by atoms with Gasteiger partial charge in [0.05, 0.1) is 12.5 Å². The van der Waals surface area contributed by atoms with Crippen LogP contribution in [0.15, 0.2) is 0 Å². The largest absolute Gasteiger partial charge is 0.370 e. The van der Waals surface area contributed by atoms with Gasteiger partial charge < -0.3 is 43.8 Å². The lowest BCUT2D eigenvalue weighted by atomic mass is 10.0. The quantitative estimate of drug-likeness (QED) is 0.101. The Hall–Kier alpha value is -3.26. The number of rotatable bonds is 16. The highest BCUT2D eigenvalue weighted by molar-refractivity contribution is 5.96. The zero-order valence-corrected chi connectivity index (χ0v) is 22.5. The molecule has 1 fully saturated rings. The molecule has 1 rings (SSSR count). The maximum atomic E-state index is 13.6. The van der Waals surface area contributed by atoms with E-state index in [0.29, 0.717) is 38.6 Å². The van der Waals surface area contributed by atoms with Crippen molar-refractivity contribution in [1.82, 2.24) is 20.9 Å². The fraction of sp³-hybridized carbons (Fsp3) is 0.750. The van der Waals surface area contributed by atoms with Crippen LogP contribution >= 0.6 is 0 Å². The number of likely N-dealkylation sites (tertiary alicyclic amines) is 1. The number of hydrogen-bond acceptors (Lipinski definition) is 8. The number of hydrogen-bond donors (Lipinski definition) is 7. The van der Waals surface area contributed by atoms with Crippen molar-refractivity contribution in [2.75, 3.05) is 13.1 Å². The van der Waals surface area contributed by atoms with E-state index in [1.54, 1.807) is 0 Å². The first-order chi connectivity index (χ1) is 17.8. The Kier molecular flexibility index (Phi) is 13.7. The van der Waals surface area contributed by atoms with Crippen LogP contribution in [0.25, 0.3) is 0 Å². The Morgan fingerprint density at radius 3 is 2.05 bits per heavy atom. The number of nitrogens with zero attached hydrogens (tertiary/aromatic N) is 1. The second-order valence-corrected chi connectivity index (χ2v) is 10.1. The maximum Gasteiger partial charge on any atom is 0.245 e. The molecule has 1 aliphatic rings. The zero-order chi connectivity index (χ0) is 29.0. The normalized spacial score (nSPS) is 18.3. The number of carbonyl (C=O) groups excluding carboxylic acids is 6. The molecule has 0 aliphatic carbocycles. The van der Waals surface area contributed by atoms with Crippen LogP contribution in [0.2, 0.25) is 0 Å². The van der Waals surface area contributed by atoms with Gasteiger partial charge in [0.2, 0.25) is 35.4 Å². The van der Waals surface area contributed by atoms with E-state index in [1.807, 2.05) is 13.8 Å². The van der Waals surface area contributed by atoms with Gasteiger partial charge in [-0.15, -0.1) is 0 Å². The highest BCUT2D eigenvalue weighted by Gasteiger charge is 2.39. The van der Waals surface area contributed by atoms with Crippen LogP contribution < -0.4 is 38.9 Å². The van der Waals surface area contributed by atoms with Gasteiger partial charge in [-0.05, 0) is 57.9 Å². The minimum atomic E-state index is -1.30. The zero-order valence-electron chi connectivity index (χ0n) is 22.5. The van der Waals surface area contributed by atoms with Gasteiger partial charge >= 0.3 is 0 Å². The Balaban J connectivity index is 3.09. The van der Waals surface area contributed by atoms with Crippen molar-refractivity contribution in [3.63, 3.8) is 0 Å². The lowest BCUT2D eigenvalue weighted by Gasteiger charge is -2.30. The van der Waals surface area contributed by atoms with Crippen molar-refractivity contribution >= 4 is 35.4 Å². The molecule has 0 aromatic rings. The SMILES string of the molecule is CC(C)C[C@H](NC(=O)[C@H](C)N)C(=O)N[C@@H](CCCCN)C(=O)N1CCC[C@H]1C(=O)N[C@@H](CC(N)=O)C(N)=O. The molecule has 11 N–H and O–H groups in total. The van der Waals surface area contributed by atoms with Gasteiger partial charge in [0.25, 0.3) is 0 Å². The molecule has 0 saturated carbocycles. The van der Waals surface area contributed by atoms with Gasteiger partial charge in [0.1, 0.15) is 24.2 Å². The van der Waals surface area contributed by atoms with E-state index < -0.39 is 72.1 Å². The first kappa shape index (κ1) is 32.8. The molecule has 0 unspecified atom stereocenters. The molecule has 38 heavy (non-hydrogen) atoms. The number of nitrogens with one attached hydrogen (secondary N) is 3. The van der Waals surface area contributed by atoms with Crippen LogP contribution in [-0.4, -0.2) is 83.6 Å². The highest BCUT2D eigenvalue weighted by Crippen LogP contribution is 2.20. The summed E-state index contributed by atoms with van der Waals surface area (Å²) in [4.78, 5) is 76.2. The Morgan fingerprint density at radius 2 is 1.53 bits per heavy atom. The highest BCUT2D eigenvalue weighted by atomic mass is 16.2. The smallest absolute Gasteiger partial charge is 0.245 e. The minimum Gasteiger partial charge on any atom is -0.370 e. The Morgan fingerprint density at radius 1 is 0.895 bits per heavy atom. The summed E-state index contributed by atoms with van der Waals surface area (Å²) in [5.41, 5.74) is 21.7. The third-order valence-corrected chi connectivity index (χ3v) is 6.22. The summed E-state index contributed by atoms with van der Waals surface area (Å²) >= 11 is 0. The fourth-order valence-electron chi connectivity index (χ4n) is 4.22. The van der Waals surface area contributed by atoms with Gasteiger partial charge in [-0.1, -0.05) is 13.8 Å². The van der Waals surface area contributed by atoms with E-state index in [2.05, 4.69) is 16.0 Å². The lowest BCUT2D eigenvalue weighted by Crippen LogP contribution is -2.58. The van der Waals surface area contributed by atoms with Crippen LogP contribution in [0.3, 0.4) is 0 Å². The van der Waals surface area contributed by atoms with Crippen molar-refractivity contribution in [3.05, 3.63) is 0 Å². The molecular weight excluding hydrogens is 496 g/mol. The third kappa shape index (κ3) is 10.6. The summed E-state index contributed by atoms with van der Waals surface area (Å²) in [7, 11) is 0. The minimum absolute atomic E-state index is 0.0655. The predicted molar refractivity (Wildman–Crippen MR) is 140 cm³/mol. The monoisotopic (exact) mass is 540 g/mol. The van der Waals surface area contributed by atoms with Crippen molar-refractivity contribution in [1.29, 1.82) is 0 Å². The van der Waals surface area contributed by atoms with Crippen molar-refractivity contribution in [2.24, 2.45) is 28.9 Å². The standard InChI is InChI=1S/C24H44N8O6/c1-13(2)11-17(31-21(35)14(3)26)22(36)29-15(7-4-5-9-25)24(38)32-10-6-8-18(32)23(37)30-16(20(28)34)12-19(27)33/h13-18H,4-12,25-26H2,1-3H3,(H2,27,33)(H2,28,34)(H,29,36)(H,30,37)(H,31,35)/t14-,15-,16-,17-,18-/m0/s1. The van der Waals surface area contributed by atoms with Crippen molar-refractivity contribution in [3.8, 4) is 0 Å². The first-order valence-corrected chi connectivity index (χ1v) is 13.0. The molecule has 0 aromatic carbocycles. The predicted octanol–water partition coefficient (Wildman–Crippen LogP) is -2.69. The molecule has 1 heterocycles. The van der Waals surface area contributed by atoms with Crippen LogP contribution in [0.1, 0.15) is 65.7 Å². The number of primary amides is 2. The van der Waals surface area contributed by atoms with Gasteiger partial charge in [-0.3, -0.25) is 28.8 Å². The third-order valence-electron chi connectivity index (χ3n) is 6.22. The van der Waals surface area contributed by atoms with Crippen LogP contribution in [0.5, 0.6) is 0 Å². The maximum absolute atomic E-state index is 13.6. The molecule has 14 heteroatoms. The number of amides is 6. The van der Waals surface area contributed by atoms with Gasteiger partial charge in [0, 0.05) is 6.54 Å². The lowest BCUT2D eigenvalue weighted by molar-refractivity contribution is -0.142. The summed E-state index contributed by atoms with van der Waals surface area (Å²) in [5, 5.41) is 7.80. The average molecular weight is 541 g/mol. The van der Waals surface area contributed by atoms with Crippen molar-refractivity contribution < 1.29 is 28.8 Å². The molecule has 0 bridgehead atoms. The molecule has 1 saturated heterocycles. The molecule has 0 aromatic heterocycles. The molecule has 1 aliphatic heterocycles. The van der Waals surface area contributed by atoms with Crippen LogP contribution in [0.4, 0.5) is 0 Å². The van der Waals surface area contributed by atoms with Gasteiger partial charge in [-0.2, -0.15) is 0 Å². The summed E-state index contributed by atoms with van der Waals surface area (Å²) < 4.78 is 0. The van der Waals surface area contributed by atoms with Crippen LogP contribution in [-0.2, 0) is 28.8 Å². The first-order valence-electron chi connectivity index (χ1n) is 13.0. The molecule has 0 spiro atoms. The summed E-state index contributed by atoms with van der Waals surface area (Å²) in [5.74, 6) is -3.82. The van der Waals surface area contributed by atoms with Crippen molar-refractivity contribution in [2.45, 2.75) is 95.9 Å². The van der Waals surface area contributed by atoms with Gasteiger partial charge in [0.15, 0.2) is 0 Å². The van der Waals surface area contributed by atoms with Crippen LogP contribution in [0, 0.1) is 5.92 Å².